The lowest BCUT2D eigenvalue weighted by molar-refractivity contribution is -0.140. The lowest BCUT2D eigenvalue weighted by Gasteiger charge is -2.41. The van der Waals surface area contributed by atoms with E-state index in [9.17, 15) is 47.9 Å². The van der Waals surface area contributed by atoms with Crippen LogP contribution in [0.5, 0.6) is 0 Å². The molecule has 0 radical (unpaired) electrons. The van der Waals surface area contributed by atoms with Gasteiger partial charge < -0.3 is 52.0 Å². The number of nitrogens with one attached hydrogen (secondary N) is 5. The van der Waals surface area contributed by atoms with Crippen LogP contribution in [0.15, 0.2) is 60.8 Å². The van der Waals surface area contributed by atoms with Crippen LogP contribution in [0, 0.1) is 17.0 Å². The SMILES string of the molecule is CC(C)(C)C(c1cc(-c2cc(F)ccc2F)cn1Cc1ccccc1)N(CCC(NC(=O)C(CC(N)=O)NC(=O)CNC=O)C(=O)NCCC(=O)NCC(=O)O)C(=O)CO. The fraction of sp³-hybridized carbons (Fsp3) is 0.400. The first kappa shape index (κ1) is 47.7. The number of carbonyl (C=O) groups is 8. The monoisotopic (exact) mass is 840 g/mol. The van der Waals surface area contributed by atoms with Crippen molar-refractivity contribution in [2.75, 3.05) is 32.8 Å². The standard InChI is InChI=1S/C40H50F2N8O10/c1-40(2,3)37(31-15-25(27-16-26(41)9-10-28(27)42)21-49(31)20-24-7-5-4-6-8-24)50(35(56)22-51)14-12-29(38(59)45-13-11-33(54)46-19-36(57)58)48-39(60)30(17-32(43)53)47-34(55)18-44-23-52/h4-10,15-16,21,23,29-30,37,51H,11-14,17-20,22H2,1-3H3,(H2,43,53)(H,44,52)(H,45,59)(H,46,54)(H,47,55)(H,48,60)(H,57,58). The summed E-state index contributed by atoms with van der Waals surface area (Å²) in [6, 6.07) is 9.68. The number of amides is 7. The van der Waals surface area contributed by atoms with Gasteiger partial charge in [-0.15, -0.1) is 0 Å². The van der Waals surface area contributed by atoms with Gasteiger partial charge in [-0.3, -0.25) is 38.4 Å². The molecule has 3 aromatic rings. The van der Waals surface area contributed by atoms with Gasteiger partial charge in [0.15, 0.2) is 0 Å². The lowest BCUT2D eigenvalue weighted by atomic mass is 9.82. The van der Waals surface area contributed by atoms with Crippen molar-refractivity contribution in [1.29, 1.82) is 0 Å². The summed E-state index contributed by atoms with van der Waals surface area (Å²) in [6.45, 7) is 2.73. The van der Waals surface area contributed by atoms with Crippen molar-refractivity contribution in [1.82, 2.24) is 36.1 Å². The number of nitrogens with zero attached hydrogens (tertiary/aromatic N) is 2. The average molecular weight is 841 g/mol. The number of halogens is 2. The lowest BCUT2D eigenvalue weighted by Crippen LogP contribution is -2.56. The summed E-state index contributed by atoms with van der Waals surface area (Å²) in [5, 5.41) is 30.5. The Hall–Kier alpha value is -6.70. The molecule has 0 aliphatic carbocycles. The minimum absolute atomic E-state index is 0.0496. The molecule has 0 aliphatic heterocycles. The number of aromatic nitrogens is 1. The summed E-state index contributed by atoms with van der Waals surface area (Å²) in [5.74, 6) is -8.02. The third-order valence-corrected chi connectivity index (χ3v) is 9.02. The van der Waals surface area contributed by atoms with Gasteiger partial charge in [0.25, 0.3) is 0 Å². The van der Waals surface area contributed by atoms with Crippen LogP contribution < -0.4 is 32.3 Å². The van der Waals surface area contributed by atoms with Crippen molar-refractivity contribution in [2.45, 2.75) is 64.7 Å². The van der Waals surface area contributed by atoms with Gasteiger partial charge in [-0.05, 0) is 41.7 Å². The third-order valence-electron chi connectivity index (χ3n) is 9.02. The zero-order valence-corrected chi connectivity index (χ0v) is 33.3. The Labute approximate surface area is 344 Å². The largest absolute Gasteiger partial charge is 0.480 e. The molecule has 1 aromatic heterocycles. The second-order valence-corrected chi connectivity index (χ2v) is 14.8. The molecule has 1 heterocycles. The molecule has 0 fully saturated rings. The van der Waals surface area contributed by atoms with Crippen molar-refractivity contribution in [3.63, 3.8) is 0 Å². The fourth-order valence-electron chi connectivity index (χ4n) is 6.38. The van der Waals surface area contributed by atoms with Crippen LogP contribution in [0.4, 0.5) is 8.78 Å². The fourth-order valence-corrected chi connectivity index (χ4v) is 6.38. The molecule has 324 valence electrons. The van der Waals surface area contributed by atoms with E-state index in [0.29, 0.717) is 5.69 Å². The molecule has 3 unspecified atom stereocenters. The number of hydrogen-bond acceptors (Lipinski definition) is 9. The van der Waals surface area contributed by atoms with Crippen molar-refractivity contribution >= 4 is 47.8 Å². The first-order chi connectivity index (χ1) is 28.3. The first-order valence-electron chi connectivity index (χ1n) is 18.8. The average Bonchev–Trinajstić information content (AvgIpc) is 3.59. The van der Waals surface area contributed by atoms with Gasteiger partial charge in [0, 0.05) is 49.1 Å². The number of rotatable bonds is 23. The van der Waals surface area contributed by atoms with Crippen LogP contribution >= 0.6 is 0 Å². The number of aliphatic carboxylic acids is 1. The molecular formula is C40H50F2N8O10. The normalized spacial score (nSPS) is 12.6. The minimum Gasteiger partial charge on any atom is -0.480 e. The van der Waals surface area contributed by atoms with Crippen LogP contribution in [0.2, 0.25) is 0 Å². The van der Waals surface area contributed by atoms with Crippen molar-refractivity contribution in [3.05, 3.63) is 83.7 Å². The Morgan fingerprint density at radius 1 is 0.900 bits per heavy atom. The summed E-state index contributed by atoms with van der Waals surface area (Å²) in [5.41, 5.74) is 5.97. The Morgan fingerprint density at radius 3 is 2.22 bits per heavy atom. The molecule has 0 saturated carbocycles. The molecule has 18 nitrogen and oxygen atoms in total. The number of carboxylic acids is 1. The predicted molar refractivity (Wildman–Crippen MR) is 211 cm³/mol. The Balaban J connectivity index is 2.08. The molecule has 0 saturated heterocycles. The van der Waals surface area contributed by atoms with Crippen LogP contribution in [-0.2, 0) is 44.9 Å². The molecule has 20 heteroatoms. The maximum atomic E-state index is 15.2. The molecule has 7 amide bonds. The van der Waals surface area contributed by atoms with E-state index in [1.807, 2.05) is 30.3 Å². The van der Waals surface area contributed by atoms with Crippen molar-refractivity contribution < 1.29 is 57.4 Å². The Morgan fingerprint density at radius 2 is 1.60 bits per heavy atom. The molecular weight excluding hydrogens is 790 g/mol. The maximum absolute atomic E-state index is 15.2. The van der Waals surface area contributed by atoms with Gasteiger partial charge in [-0.2, -0.15) is 0 Å². The number of nitrogens with two attached hydrogens (primary N) is 1. The molecule has 9 N–H and O–H groups in total. The van der Waals surface area contributed by atoms with E-state index >= 15 is 4.39 Å². The number of hydrogen-bond donors (Lipinski definition) is 8. The number of aliphatic hydroxyl groups excluding tert-OH is 1. The predicted octanol–water partition coefficient (Wildman–Crippen LogP) is 0.0779. The molecule has 60 heavy (non-hydrogen) atoms. The summed E-state index contributed by atoms with van der Waals surface area (Å²) in [7, 11) is 0. The van der Waals surface area contributed by atoms with E-state index in [4.69, 9.17) is 10.8 Å². The highest BCUT2D eigenvalue weighted by molar-refractivity contribution is 5.95. The molecule has 3 atom stereocenters. The summed E-state index contributed by atoms with van der Waals surface area (Å²) in [6.07, 6.45) is 0.397. The number of carbonyl (C=O) groups excluding carboxylic acids is 7. The highest BCUT2D eigenvalue weighted by Crippen LogP contribution is 2.41. The van der Waals surface area contributed by atoms with Gasteiger partial charge >= 0.3 is 5.97 Å². The van der Waals surface area contributed by atoms with Crippen LogP contribution in [-0.4, -0.2) is 112 Å². The van der Waals surface area contributed by atoms with Crippen molar-refractivity contribution in [3.8, 4) is 11.1 Å². The summed E-state index contributed by atoms with van der Waals surface area (Å²) < 4.78 is 31.4. The van der Waals surface area contributed by atoms with Crippen LogP contribution in [0.1, 0.15) is 57.3 Å². The van der Waals surface area contributed by atoms with Crippen molar-refractivity contribution in [2.24, 2.45) is 11.1 Å². The highest BCUT2D eigenvalue weighted by Gasteiger charge is 2.38. The first-order valence-corrected chi connectivity index (χ1v) is 18.8. The molecule has 0 bridgehead atoms. The van der Waals surface area contributed by atoms with Crippen LogP contribution in [0.3, 0.4) is 0 Å². The number of carboxylic acid groups (broad SMARTS) is 1. The Kier molecular flexibility index (Phi) is 17.8. The van der Waals surface area contributed by atoms with E-state index < -0.39 is 103 Å². The van der Waals surface area contributed by atoms with E-state index in [0.717, 1.165) is 23.8 Å². The number of aliphatic hydroxyl groups is 1. The third kappa shape index (κ3) is 14.6. The van der Waals surface area contributed by atoms with Gasteiger partial charge in [0.1, 0.15) is 36.9 Å². The Bertz CT molecular complexity index is 2020. The topological polar surface area (TPSA) is 271 Å². The molecule has 2 aromatic carbocycles. The minimum atomic E-state index is -1.62. The quantitative estimate of drug-likeness (QED) is 0.0596. The highest BCUT2D eigenvalue weighted by atomic mass is 19.1. The maximum Gasteiger partial charge on any atom is 0.322 e. The number of primary amides is 1. The second kappa shape index (κ2) is 22.4. The zero-order valence-electron chi connectivity index (χ0n) is 33.3. The molecule has 3 rings (SSSR count). The van der Waals surface area contributed by atoms with Crippen LogP contribution in [0.25, 0.3) is 11.1 Å². The van der Waals surface area contributed by atoms with E-state index in [1.165, 1.54) is 4.90 Å². The van der Waals surface area contributed by atoms with Gasteiger partial charge in [-0.1, -0.05) is 51.1 Å². The van der Waals surface area contributed by atoms with Gasteiger partial charge in [-0.25, -0.2) is 8.78 Å². The van der Waals surface area contributed by atoms with E-state index in [-0.39, 0.29) is 50.0 Å². The van der Waals surface area contributed by atoms with E-state index in [2.05, 4.69) is 26.6 Å². The number of benzene rings is 2. The zero-order chi connectivity index (χ0) is 44.6. The second-order valence-electron chi connectivity index (χ2n) is 14.8. The summed E-state index contributed by atoms with van der Waals surface area (Å²) in [4.78, 5) is 100. The smallest absolute Gasteiger partial charge is 0.322 e. The molecule has 0 spiro atoms. The van der Waals surface area contributed by atoms with E-state index in [1.54, 1.807) is 37.6 Å². The molecule has 0 aliphatic rings. The van der Waals surface area contributed by atoms with Gasteiger partial charge in [0.2, 0.25) is 41.9 Å². The van der Waals surface area contributed by atoms with Gasteiger partial charge in [0.05, 0.1) is 19.0 Å². The summed E-state index contributed by atoms with van der Waals surface area (Å²) >= 11 is 0.